The molecule has 5 nitrogen and oxygen atoms in total. The molecule has 3 saturated heterocycles. The van der Waals surface area contributed by atoms with Gasteiger partial charge in [0.2, 0.25) is 0 Å². The van der Waals surface area contributed by atoms with E-state index < -0.39 is 0 Å². The van der Waals surface area contributed by atoms with E-state index in [4.69, 9.17) is 4.74 Å². The van der Waals surface area contributed by atoms with Gasteiger partial charge in [-0.15, -0.1) is 24.0 Å². The molecule has 1 N–H and O–H groups in total. The van der Waals surface area contributed by atoms with E-state index in [9.17, 15) is 0 Å². The van der Waals surface area contributed by atoms with Crippen LogP contribution in [0.5, 0.6) is 0 Å². The van der Waals surface area contributed by atoms with E-state index in [-0.39, 0.29) is 24.0 Å². The van der Waals surface area contributed by atoms with Crippen molar-refractivity contribution in [3.8, 4) is 0 Å². The molecule has 23 heavy (non-hydrogen) atoms. The molecule has 3 rings (SSSR count). The van der Waals surface area contributed by atoms with E-state index in [1.807, 2.05) is 7.05 Å². The average molecular weight is 454 g/mol. The van der Waals surface area contributed by atoms with Gasteiger partial charge in [0, 0.05) is 71.0 Å². The topological polar surface area (TPSA) is 40.1 Å². The minimum Gasteiger partial charge on any atom is -0.381 e. The number of hydrogen-bond acceptors (Lipinski definition) is 4. The lowest BCUT2D eigenvalue weighted by Crippen LogP contribution is -2.45. The van der Waals surface area contributed by atoms with Crippen molar-refractivity contribution in [2.45, 2.75) is 19.3 Å². The van der Waals surface area contributed by atoms with Crippen molar-refractivity contribution in [3.63, 3.8) is 0 Å². The number of hydrogen-bond donors (Lipinski definition) is 1. The lowest BCUT2D eigenvalue weighted by Gasteiger charge is -2.33. The molecular weight excluding hydrogens is 423 g/mol. The molecule has 0 aliphatic carbocycles. The molecule has 3 fully saturated rings. The Kier molecular flexibility index (Phi) is 8.24. The summed E-state index contributed by atoms with van der Waals surface area (Å²) < 4.78 is 5.54. The summed E-state index contributed by atoms with van der Waals surface area (Å²) in [5.74, 6) is 3.66. The first kappa shape index (κ1) is 19.6. The molecule has 0 radical (unpaired) electrons. The fourth-order valence-electron chi connectivity index (χ4n) is 3.81. The van der Waals surface area contributed by atoms with E-state index in [1.54, 1.807) is 0 Å². The van der Waals surface area contributed by atoms with Crippen LogP contribution >= 0.6 is 35.7 Å². The van der Waals surface area contributed by atoms with Crippen LogP contribution in [0, 0.1) is 5.41 Å². The highest BCUT2D eigenvalue weighted by Gasteiger charge is 2.40. The third-order valence-corrected chi connectivity index (χ3v) is 6.26. The maximum Gasteiger partial charge on any atom is 0.193 e. The van der Waals surface area contributed by atoms with Gasteiger partial charge in [-0.25, -0.2) is 0 Å². The van der Waals surface area contributed by atoms with Gasteiger partial charge in [0.05, 0.1) is 0 Å². The van der Waals surface area contributed by atoms with Crippen LogP contribution in [0.4, 0.5) is 0 Å². The van der Waals surface area contributed by atoms with Crippen molar-refractivity contribution in [1.29, 1.82) is 0 Å². The molecule has 134 valence electrons. The minimum absolute atomic E-state index is 0. The molecule has 3 heterocycles. The number of ether oxygens (including phenoxy) is 1. The number of aliphatic imine (C=N–C) groups is 1. The van der Waals surface area contributed by atoms with E-state index in [2.05, 4.69) is 31.9 Å². The number of nitrogens with one attached hydrogen (secondary N) is 1. The predicted octanol–water partition coefficient (Wildman–Crippen LogP) is 1.73. The number of rotatable bonds is 3. The number of thioether (sulfide) groups is 1. The summed E-state index contributed by atoms with van der Waals surface area (Å²) in [6.45, 7) is 8.77. The minimum atomic E-state index is 0. The Bertz CT molecular complexity index is 384. The molecule has 0 aromatic carbocycles. The first-order chi connectivity index (χ1) is 10.8. The number of halogens is 1. The zero-order chi connectivity index (χ0) is 15.3. The molecule has 0 aromatic heterocycles. The van der Waals surface area contributed by atoms with Gasteiger partial charge in [-0.05, 0) is 24.7 Å². The van der Waals surface area contributed by atoms with Gasteiger partial charge >= 0.3 is 0 Å². The molecule has 0 aromatic rings. The fraction of sp³-hybridized carbons (Fsp3) is 0.938. The number of likely N-dealkylation sites (tertiary alicyclic amines) is 1. The molecule has 1 spiro atoms. The number of nitrogens with zero attached hydrogens (tertiary/aromatic N) is 3. The summed E-state index contributed by atoms with van der Waals surface area (Å²) in [6, 6.07) is 0. The highest BCUT2D eigenvalue weighted by Crippen LogP contribution is 2.39. The van der Waals surface area contributed by atoms with Crippen LogP contribution in [0.25, 0.3) is 0 Å². The Balaban J connectivity index is 0.00000192. The zero-order valence-electron chi connectivity index (χ0n) is 14.3. The van der Waals surface area contributed by atoms with E-state index in [0.29, 0.717) is 5.41 Å². The highest BCUT2D eigenvalue weighted by molar-refractivity contribution is 14.0. The summed E-state index contributed by atoms with van der Waals surface area (Å²) in [5, 5.41) is 3.58. The molecule has 0 saturated carbocycles. The van der Waals surface area contributed by atoms with Gasteiger partial charge in [0.15, 0.2) is 5.96 Å². The van der Waals surface area contributed by atoms with Crippen LogP contribution in [0.1, 0.15) is 19.3 Å². The second-order valence-corrected chi connectivity index (χ2v) is 7.94. The molecule has 0 bridgehead atoms. The Labute approximate surface area is 162 Å². The largest absolute Gasteiger partial charge is 0.381 e. The standard InChI is InChI=1S/C16H30N4OS.HI/c1-17-15(18-5-7-19-8-12-22-13-9-19)20-6-2-16(14-20)3-10-21-11-4-16;/h2-14H2,1H3,(H,17,18);1H. The molecule has 7 heteroatoms. The number of guanidine groups is 1. The van der Waals surface area contributed by atoms with Gasteiger partial charge in [0.25, 0.3) is 0 Å². The van der Waals surface area contributed by atoms with Crippen LogP contribution in [0.15, 0.2) is 4.99 Å². The Hall–Kier alpha value is 0.270. The third-order valence-electron chi connectivity index (χ3n) is 5.32. The van der Waals surface area contributed by atoms with Crippen molar-refractivity contribution in [1.82, 2.24) is 15.1 Å². The zero-order valence-corrected chi connectivity index (χ0v) is 17.4. The predicted molar refractivity (Wildman–Crippen MR) is 109 cm³/mol. The Morgan fingerprint density at radius 3 is 2.61 bits per heavy atom. The Morgan fingerprint density at radius 1 is 1.17 bits per heavy atom. The first-order valence-corrected chi connectivity index (χ1v) is 9.80. The smallest absolute Gasteiger partial charge is 0.193 e. The van der Waals surface area contributed by atoms with Crippen molar-refractivity contribution < 1.29 is 4.74 Å². The van der Waals surface area contributed by atoms with Crippen LogP contribution in [0.2, 0.25) is 0 Å². The Morgan fingerprint density at radius 2 is 1.91 bits per heavy atom. The van der Waals surface area contributed by atoms with E-state index >= 15 is 0 Å². The van der Waals surface area contributed by atoms with Crippen molar-refractivity contribution >= 4 is 41.7 Å². The second kappa shape index (κ2) is 9.68. The summed E-state index contributed by atoms with van der Waals surface area (Å²) >= 11 is 2.07. The second-order valence-electron chi connectivity index (χ2n) is 6.71. The summed E-state index contributed by atoms with van der Waals surface area (Å²) in [6.07, 6.45) is 3.72. The average Bonchev–Trinajstić information content (AvgIpc) is 2.96. The van der Waals surface area contributed by atoms with E-state index in [1.165, 1.54) is 43.9 Å². The summed E-state index contributed by atoms with van der Waals surface area (Å²) in [7, 11) is 1.91. The quantitative estimate of drug-likeness (QED) is 0.400. The fourth-order valence-corrected chi connectivity index (χ4v) is 4.79. The van der Waals surface area contributed by atoms with Gasteiger partial charge in [-0.3, -0.25) is 9.89 Å². The summed E-state index contributed by atoms with van der Waals surface area (Å²) in [5.41, 5.74) is 0.486. The highest BCUT2D eigenvalue weighted by atomic mass is 127. The van der Waals surface area contributed by atoms with Crippen LogP contribution in [-0.2, 0) is 4.74 Å². The van der Waals surface area contributed by atoms with Crippen molar-refractivity contribution in [2.24, 2.45) is 10.4 Å². The molecule has 0 amide bonds. The monoisotopic (exact) mass is 454 g/mol. The molecule has 3 aliphatic heterocycles. The van der Waals surface area contributed by atoms with Gasteiger partial charge in [-0.2, -0.15) is 11.8 Å². The van der Waals surface area contributed by atoms with Crippen LogP contribution in [-0.4, -0.2) is 86.8 Å². The molecule has 0 atom stereocenters. The molecule has 0 unspecified atom stereocenters. The third kappa shape index (κ3) is 5.37. The van der Waals surface area contributed by atoms with Crippen LogP contribution in [0.3, 0.4) is 0 Å². The SMILES string of the molecule is CN=C(NCCN1CCSCC1)N1CCC2(CCOCC2)C1.I. The maximum atomic E-state index is 5.54. The van der Waals surface area contributed by atoms with Crippen molar-refractivity contribution in [3.05, 3.63) is 0 Å². The first-order valence-electron chi connectivity index (χ1n) is 8.65. The van der Waals surface area contributed by atoms with Gasteiger partial charge in [0.1, 0.15) is 0 Å². The molecular formula is C16H31IN4OS. The van der Waals surface area contributed by atoms with E-state index in [0.717, 1.165) is 45.4 Å². The molecule has 3 aliphatic rings. The van der Waals surface area contributed by atoms with Crippen molar-refractivity contribution in [2.75, 3.05) is 71.0 Å². The van der Waals surface area contributed by atoms with Crippen LogP contribution < -0.4 is 5.32 Å². The lowest BCUT2D eigenvalue weighted by molar-refractivity contribution is 0.0217. The van der Waals surface area contributed by atoms with Gasteiger partial charge < -0.3 is 15.0 Å². The maximum absolute atomic E-state index is 5.54. The summed E-state index contributed by atoms with van der Waals surface area (Å²) in [4.78, 5) is 9.52. The lowest BCUT2D eigenvalue weighted by atomic mass is 9.80. The van der Waals surface area contributed by atoms with Gasteiger partial charge in [-0.1, -0.05) is 0 Å². The normalized spacial score (nSPS) is 25.4.